The van der Waals surface area contributed by atoms with Crippen LogP contribution in [0.25, 0.3) is 5.69 Å². The zero-order chi connectivity index (χ0) is 14.7. The first-order valence-electron chi connectivity index (χ1n) is 6.97. The van der Waals surface area contributed by atoms with Crippen molar-refractivity contribution in [2.24, 2.45) is 0 Å². The molecule has 1 heterocycles. The van der Waals surface area contributed by atoms with Crippen molar-refractivity contribution in [1.82, 2.24) is 14.8 Å². The van der Waals surface area contributed by atoms with Gasteiger partial charge in [-0.3, -0.25) is 0 Å². The van der Waals surface area contributed by atoms with E-state index in [1.807, 2.05) is 12.1 Å². The number of hydrogen-bond donors (Lipinski definition) is 1. The van der Waals surface area contributed by atoms with E-state index in [9.17, 15) is 0 Å². The highest BCUT2D eigenvalue weighted by molar-refractivity contribution is 5.49. The molecule has 0 bridgehead atoms. The van der Waals surface area contributed by atoms with E-state index >= 15 is 0 Å². The van der Waals surface area contributed by atoms with E-state index < -0.39 is 0 Å². The van der Waals surface area contributed by atoms with E-state index in [-0.39, 0.29) is 0 Å². The quantitative estimate of drug-likeness (QED) is 0.794. The summed E-state index contributed by atoms with van der Waals surface area (Å²) in [5.41, 5.74) is 6.04. The lowest BCUT2D eigenvalue weighted by Crippen LogP contribution is -2.02. The summed E-state index contributed by atoms with van der Waals surface area (Å²) < 4.78 is 1.74. The van der Waals surface area contributed by atoms with Crippen molar-refractivity contribution in [3.05, 3.63) is 71.8 Å². The van der Waals surface area contributed by atoms with Gasteiger partial charge in [-0.2, -0.15) is 5.10 Å². The molecule has 1 N–H and O–H groups in total. The van der Waals surface area contributed by atoms with E-state index in [2.05, 4.69) is 59.6 Å². The first-order valence-corrected chi connectivity index (χ1v) is 6.97. The van der Waals surface area contributed by atoms with Crippen LogP contribution < -0.4 is 5.32 Å². The highest BCUT2D eigenvalue weighted by Gasteiger charge is 2.00. The molecular formula is C17H18N4. The maximum absolute atomic E-state index is 4.11. The fourth-order valence-electron chi connectivity index (χ4n) is 2.32. The summed E-state index contributed by atoms with van der Waals surface area (Å²) in [6, 6.07) is 14.7. The Balaban J connectivity index is 1.68. The van der Waals surface area contributed by atoms with Crippen LogP contribution in [-0.2, 0) is 6.54 Å². The van der Waals surface area contributed by atoms with Gasteiger partial charge in [0.15, 0.2) is 0 Å². The van der Waals surface area contributed by atoms with E-state index in [1.54, 1.807) is 11.0 Å². The van der Waals surface area contributed by atoms with E-state index in [1.165, 1.54) is 23.0 Å². The molecule has 0 aliphatic carbocycles. The summed E-state index contributed by atoms with van der Waals surface area (Å²) in [4.78, 5) is 3.95. The van der Waals surface area contributed by atoms with Crippen molar-refractivity contribution in [2.75, 3.05) is 5.32 Å². The number of hydrogen-bond acceptors (Lipinski definition) is 3. The van der Waals surface area contributed by atoms with Crippen molar-refractivity contribution < 1.29 is 0 Å². The molecule has 4 heteroatoms. The average molecular weight is 278 g/mol. The molecule has 0 radical (unpaired) electrons. The third-order valence-corrected chi connectivity index (χ3v) is 3.53. The van der Waals surface area contributed by atoms with Crippen molar-refractivity contribution in [3.8, 4) is 5.69 Å². The van der Waals surface area contributed by atoms with E-state index in [4.69, 9.17) is 0 Å². The molecule has 0 atom stereocenters. The summed E-state index contributed by atoms with van der Waals surface area (Å²) in [7, 11) is 0. The number of nitrogens with zero attached hydrogens (tertiary/aromatic N) is 3. The molecule has 3 aromatic rings. The Bertz CT molecular complexity index is 715. The maximum atomic E-state index is 4.11. The highest BCUT2D eigenvalue weighted by Crippen LogP contribution is 2.15. The first kappa shape index (κ1) is 13.4. The molecule has 0 aliphatic heterocycles. The molecule has 2 aromatic carbocycles. The molecule has 0 saturated carbocycles. The summed E-state index contributed by atoms with van der Waals surface area (Å²) in [5.74, 6) is 0. The van der Waals surface area contributed by atoms with Gasteiger partial charge < -0.3 is 5.32 Å². The van der Waals surface area contributed by atoms with Gasteiger partial charge in [-0.1, -0.05) is 23.8 Å². The predicted molar refractivity (Wildman–Crippen MR) is 84.6 cm³/mol. The molecule has 0 spiro atoms. The zero-order valence-electron chi connectivity index (χ0n) is 12.2. The monoisotopic (exact) mass is 278 g/mol. The van der Waals surface area contributed by atoms with Crippen molar-refractivity contribution in [3.63, 3.8) is 0 Å². The minimum Gasteiger partial charge on any atom is -0.381 e. The summed E-state index contributed by atoms with van der Waals surface area (Å²) >= 11 is 0. The smallest absolute Gasteiger partial charge is 0.138 e. The molecule has 0 aliphatic rings. The summed E-state index contributed by atoms with van der Waals surface area (Å²) in [5, 5.41) is 7.56. The minimum atomic E-state index is 0.828. The fraction of sp³-hybridized carbons (Fsp3) is 0.176. The molecule has 0 saturated heterocycles. The Kier molecular flexibility index (Phi) is 3.69. The van der Waals surface area contributed by atoms with Crippen LogP contribution >= 0.6 is 0 Å². The lowest BCUT2D eigenvalue weighted by Gasteiger charge is -2.10. The lowest BCUT2D eigenvalue weighted by atomic mass is 10.1. The fourth-order valence-corrected chi connectivity index (χ4v) is 2.32. The SMILES string of the molecule is Cc1ccc(CNc2ccc(-n3cncn3)cc2)c(C)c1. The van der Waals surface area contributed by atoms with Crippen LogP contribution in [0.4, 0.5) is 5.69 Å². The Labute approximate surface area is 124 Å². The number of aryl methyl sites for hydroxylation is 2. The molecule has 0 fully saturated rings. The number of anilines is 1. The molecule has 0 amide bonds. The topological polar surface area (TPSA) is 42.7 Å². The first-order chi connectivity index (χ1) is 10.2. The van der Waals surface area contributed by atoms with Gasteiger partial charge in [-0.25, -0.2) is 9.67 Å². The van der Waals surface area contributed by atoms with Crippen LogP contribution in [-0.4, -0.2) is 14.8 Å². The Hall–Kier alpha value is -2.62. The zero-order valence-corrected chi connectivity index (χ0v) is 12.2. The Morgan fingerprint density at radius 1 is 1.05 bits per heavy atom. The average Bonchev–Trinajstić information content (AvgIpc) is 3.01. The van der Waals surface area contributed by atoms with Gasteiger partial charge in [0.2, 0.25) is 0 Å². The molecule has 4 nitrogen and oxygen atoms in total. The van der Waals surface area contributed by atoms with Gasteiger partial charge in [-0.05, 0) is 49.2 Å². The summed E-state index contributed by atoms with van der Waals surface area (Å²) in [6.07, 6.45) is 3.23. The van der Waals surface area contributed by atoms with Crippen LogP contribution in [0.3, 0.4) is 0 Å². The molecular weight excluding hydrogens is 260 g/mol. The van der Waals surface area contributed by atoms with Gasteiger partial charge in [0.25, 0.3) is 0 Å². The molecule has 106 valence electrons. The van der Waals surface area contributed by atoms with Crippen LogP contribution in [0, 0.1) is 13.8 Å². The molecule has 1 aromatic heterocycles. The second-order valence-corrected chi connectivity index (χ2v) is 5.17. The number of rotatable bonds is 4. The van der Waals surface area contributed by atoms with Gasteiger partial charge >= 0.3 is 0 Å². The van der Waals surface area contributed by atoms with Gasteiger partial charge in [0.05, 0.1) is 5.69 Å². The third-order valence-electron chi connectivity index (χ3n) is 3.53. The number of aromatic nitrogens is 3. The van der Waals surface area contributed by atoms with Crippen molar-refractivity contribution in [2.45, 2.75) is 20.4 Å². The highest BCUT2D eigenvalue weighted by atomic mass is 15.3. The van der Waals surface area contributed by atoms with Crippen LogP contribution in [0.15, 0.2) is 55.1 Å². The van der Waals surface area contributed by atoms with E-state index in [0.29, 0.717) is 0 Å². The van der Waals surface area contributed by atoms with Gasteiger partial charge in [0.1, 0.15) is 12.7 Å². The normalized spacial score (nSPS) is 10.6. The summed E-state index contributed by atoms with van der Waals surface area (Å²) in [6.45, 7) is 5.10. The Morgan fingerprint density at radius 3 is 2.52 bits per heavy atom. The lowest BCUT2D eigenvalue weighted by molar-refractivity contribution is 0.879. The van der Waals surface area contributed by atoms with Crippen LogP contribution in [0.5, 0.6) is 0 Å². The second-order valence-electron chi connectivity index (χ2n) is 5.17. The maximum Gasteiger partial charge on any atom is 0.138 e. The molecule has 21 heavy (non-hydrogen) atoms. The standard InChI is InChI=1S/C17H18N4/c1-13-3-4-15(14(2)9-13)10-19-16-5-7-17(8-6-16)21-12-18-11-20-21/h3-9,11-12,19H,10H2,1-2H3. The number of nitrogens with one attached hydrogen (secondary N) is 1. The molecule has 0 unspecified atom stereocenters. The number of benzene rings is 2. The van der Waals surface area contributed by atoms with E-state index in [0.717, 1.165) is 17.9 Å². The molecule has 3 rings (SSSR count). The van der Waals surface area contributed by atoms with Gasteiger partial charge in [0, 0.05) is 12.2 Å². The van der Waals surface area contributed by atoms with Crippen LogP contribution in [0.2, 0.25) is 0 Å². The third kappa shape index (κ3) is 3.11. The predicted octanol–water partition coefficient (Wildman–Crippen LogP) is 3.50. The van der Waals surface area contributed by atoms with Crippen LogP contribution in [0.1, 0.15) is 16.7 Å². The van der Waals surface area contributed by atoms with Crippen molar-refractivity contribution >= 4 is 5.69 Å². The van der Waals surface area contributed by atoms with Gasteiger partial charge in [-0.15, -0.1) is 0 Å². The Morgan fingerprint density at radius 2 is 1.86 bits per heavy atom. The largest absolute Gasteiger partial charge is 0.381 e. The van der Waals surface area contributed by atoms with Crippen molar-refractivity contribution in [1.29, 1.82) is 0 Å². The minimum absolute atomic E-state index is 0.828. The second kappa shape index (κ2) is 5.79.